The van der Waals surface area contributed by atoms with Gasteiger partial charge in [0, 0.05) is 0 Å². The molecule has 0 saturated carbocycles. The molecule has 0 radical (unpaired) electrons. The van der Waals surface area contributed by atoms with E-state index in [1.165, 1.54) is 0 Å². The molecule has 0 aromatic rings. The molecule has 0 aromatic carbocycles. The van der Waals surface area contributed by atoms with Gasteiger partial charge in [0.1, 0.15) is 24.2 Å². The molecule has 2 nitrogen and oxygen atoms in total. The summed E-state index contributed by atoms with van der Waals surface area (Å²) in [4.78, 5) is 10.4. The van der Waals surface area contributed by atoms with Crippen LogP contribution in [0.25, 0.3) is 0 Å². The molecule has 0 rings (SSSR count). The van der Waals surface area contributed by atoms with Crippen molar-refractivity contribution in [2.45, 2.75) is 174 Å². The molecule has 0 bridgehead atoms. The van der Waals surface area contributed by atoms with Crippen molar-refractivity contribution in [3.05, 3.63) is 12.2 Å². The van der Waals surface area contributed by atoms with Gasteiger partial charge in [0.2, 0.25) is 0 Å². The summed E-state index contributed by atoms with van der Waals surface area (Å²) in [6.45, 7) is 41.0. The Morgan fingerprint density at radius 1 is 0.524 bits per heavy atom. The third kappa shape index (κ3) is 12.0. The van der Waals surface area contributed by atoms with Crippen LogP contribution in [0.3, 0.4) is 0 Å². The van der Waals surface area contributed by atoms with E-state index < -0.39 is 24.2 Å². The average molecular weight is 631 g/mol. The summed E-state index contributed by atoms with van der Waals surface area (Å²) in [6, 6.07) is 0. The fraction of sp³-hybridized carbons (Fsp3) is 0.757. The summed E-state index contributed by atoms with van der Waals surface area (Å²) >= 11 is 0. The number of carbonyl (C=O) groups is 1. The number of aliphatic hydroxyl groups is 1. The third-order valence-corrected chi connectivity index (χ3v) is 28.6. The van der Waals surface area contributed by atoms with Crippen molar-refractivity contribution in [1.82, 2.24) is 0 Å². The number of hydrogen-bond donors (Lipinski definition) is 1. The van der Waals surface area contributed by atoms with Gasteiger partial charge in [-0.3, -0.25) is 4.79 Å². The highest BCUT2D eigenvalue weighted by Crippen LogP contribution is 2.42. The molecule has 242 valence electrons. The second-order valence-electron chi connectivity index (χ2n) is 14.6. The molecule has 5 heteroatoms. The van der Waals surface area contributed by atoms with Gasteiger partial charge in [0.15, 0.2) is 6.29 Å². The molecule has 0 heterocycles. The minimum Gasteiger partial charge on any atom is -0.392 e. The molecular weight excluding hydrogens is 561 g/mol. The van der Waals surface area contributed by atoms with Crippen LogP contribution in [0, 0.1) is 34.9 Å². The van der Waals surface area contributed by atoms with Crippen LogP contribution in [0.5, 0.6) is 0 Å². The molecular formula is C37H70O2Si3. The van der Waals surface area contributed by atoms with Gasteiger partial charge in [-0.05, 0) is 61.9 Å². The van der Waals surface area contributed by atoms with Crippen molar-refractivity contribution in [2.24, 2.45) is 0 Å². The van der Waals surface area contributed by atoms with Crippen LogP contribution in [0.1, 0.15) is 125 Å². The number of carbonyl (C=O) groups excluding carboxylic acids is 1. The van der Waals surface area contributed by atoms with Crippen molar-refractivity contribution in [1.29, 1.82) is 0 Å². The molecule has 0 aliphatic rings. The number of aliphatic hydroxyl groups excluding tert-OH is 1. The topological polar surface area (TPSA) is 37.3 Å². The summed E-state index contributed by atoms with van der Waals surface area (Å²) in [6.07, 6.45) is 9.94. The Morgan fingerprint density at radius 2 is 0.786 bits per heavy atom. The molecule has 0 atom stereocenters. The van der Waals surface area contributed by atoms with Gasteiger partial charge in [-0.1, -0.05) is 137 Å². The van der Waals surface area contributed by atoms with Gasteiger partial charge >= 0.3 is 0 Å². The van der Waals surface area contributed by atoms with Gasteiger partial charge in [-0.25, -0.2) is 0 Å². The maximum absolute atomic E-state index is 10.4. The standard InChI is InChI=1S/C14H26OSi.C12H22OSi.C11H22Si/c1-12(2)16(13(3)4,14(5)6)11-9-7-8-10-15;1-10(2)14(11(3)4,12(5)6)9-7-8-13;1-8-12(9(2)3,10(4)5)11(6)7/h7-8,12-15H,10H2,1-6H3;8,10-12H,1-6H3;1,9-11H,2-7H3/b8-7+;;. The SMILES string of the molecule is C#C[Si](C(C)C)(C(C)C)C(C)C.CC(C)[Si](C#C/C=C/CO)(C(C)C)C(C)C.CC(C)[Si](C#CC=O)(C(C)C)C(C)C. The van der Waals surface area contributed by atoms with E-state index in [0.717, 1.165) is 6.29 Å². The van der Waals surface area contributed by atoms with E-state index in [0.29, 0.717) is 49.9 Å². The normalized spacial score (nSPS) is 12.4. The predicted molar refractivity (Wildman–Crippen MR) is 200 cm³/mol. The number of rotatable bonds is 10. The zero-order valence-electron chi connectivity index (χ0n) is 31.1. The van der Waals surface area contributed by atoms with Gasteiger partial charge in [-0.2, -0.15) is 0 Å². The highest BCUT2D eigenvalue weighted by atomic mass is 28.3. The van der Waals surface area contributed by atoms with Gasteiger partial charge in [-0.15, -0.1) is 23.1 Å². The van der Waals surface area contributed by atoms with Crippen molar-refractivity contribution in [2.75, 3.05) is 6.61 Å². The maximum atomic E-state index is 10.4. The Balaban J connectivity index is -0.000000549. The third-order valence-electron chi connectivity index (χ3n) is 9.79. The van der Waals surface area contributed by atoms with Gasteiger partial charge in [0.25, 0.3) is 0 Å². The van der Waals surface area contributed by atoms with Gasteiger partial charge in [0.05, 0.1) is 6.61 Å². The number of aldehydes is 1. The van der Waals surface area contributed by atoms with Crippen LogP contribution in [-0.2, 0) is 4.79 Å². The molecule has 0 unspecified atom stereocenters. The van der Waals surface area contributed by atoms with E-state index in [1.54, 1.807) is 12.2 Å². The molecule has 42 heavy (non-hydrogen) atoms. The van der Waals surface area contributed by atoms with Crippen LogP contribution >= 0.6 is 0 Å². The molecule has 0 aliphatic heterocycles. The number of allylic oxidation sites excluding steroid dienone is 1. The Morgan fingerprint density at radius 3 is 0.952 bits per heavy atom. The summed E-state index contributed by atoms with van der Waals surface area (Å²) in [5, 5.41) is 8.68. The monoisotopic (exact) mass is 630 g/mol. The summed E-state index contributed by atoms with van der Waals surface area (Å²) < 4.78 is 0. The van der Waals surface area contributed by atoms with Crippen LogP contribution < -0.4 is 0 Å². The lowest BCUT2D eigenvalue weighted by molar-refractivity contribution is -0.103. The van der Waals surface area contributed by atoms with E-state index in [4.69, 9.17) is 11.5 Å². The average Bonchev–Trinajstić information content (AvgIpc) is 2.84. The van der Waals surface area contributed by atoms with Crippen molar-refractivity contribution < 1.29 is 9.90 Å². The lowest BCUT2D eigenvalue weighted by Crippen LogP contribution is -2.43. The second kappa shape index (κ2) is 21.4. The number of hydrogen-bond acceptors (Lipinski definition) is 2. The van der Waals surface area contributed by atoms with E-state index >= 15 is 0 Å². The van der Waals surface area contributed by atoms with Crippen LogP contribution in [0.2, 0.25) is 49.9 Å². The Kier molecular flexibility index (Phi) is 23.0. The lowest BCUT2D eigenvalue weighted by Gasteiger charge is -2.37. The first-order chi connectivity index (χ1) is 19.2. The molecule has 0 amide bonds. The molecule has 0 aromatic heterocycles. The first-order valence-corrected chi connectivity index (χ1v) is 23.1. The van der Waals surface area contributed by atoms with Crippen molar-refractivity contribution in [3.8, 4) is 34.9 Å². The van der Waals surface area contributed by atoms with Crippen LogP contribution in [0.15, 0.2) is 12.2 Å². The van der Waals surface area contributed by atoms with E-state index in [-0.39, 0.29) is 6.61 Å². The number of terminal acetylenes is 1. The largest absolute Gasteiger partial charge is 0.392 e. The smallest absolute Gasteiger partial charge is 0.192 e. The maximum Gasteiger partial charge on any atom is 0.192 e. The molecule has 0 spiro atoms. The second-order valence-corrected chi connectivity index (χ2v) is 31.4. The van der Waals surface area contributed by atoms with Crippen molar-refractivity contribution in [3.63, 3.8) is 0 Å². The lowest BCUT2D eigenvalue weighted by atomic mass is 10.5. The highest BCUT2D eigenvalue weighted by Gasteiger charge is 2.43. The molecule has 0 aliphatic carbocycles. The summed E-state index contributed by atoms with van der Waals surface area (Å²) in [5.74, 6) is 5.81. The zero-order valence-corrected chi connectivity index (χ0v) is 34.1. The van der Waals surface area contributed by atoms with E-state index in [9.17, 15) is 4.79 Å². The molecule has 0 fully saturated rings. The van der Waals surface area contributed by atoms with E-state index in [1.807, 2.05) is 0 Å². The summed E-state index contributed by atoms with van der Waals surface area (Å²) in [7, 11) is -4.69. The molecule has 1 N–H and O–H groups in total. The summed E-state index contributed by atoms with van der Waals surface area (Å²) in [5.41, 5.74) is 15.9. The Bertz CT molecular complexity index is 874. The fourth-order valence-electron chi connectivity index (χ4n) is 7.80. The van der Waals surface area contributed by atoms with Crippen LogP contribution in [-0.4, -0.2) is 42.2 Å². The minimum atomic E-state index is -1.64. The van der Waals surface area contributed by atoms with Crippen LogP contribution in [0.4, 0.5) is 0 Å². The first kappa shape index (κ1) is 45.1. The highest BCUT2D eigenvalue weighted by molar-refractivity contribution is 6.91. The van der Waals surface area contributed by atoms with Crippen molar-refractivity contribution >= 4 is 30.5 Å². The van der Waals surface area contributed by atoms with Gasteiger partial charge < -0.3 is 5.11 Å². The Labute approximate surface area is 267 Å². The quantitative estimate of drug-likeness (QED) is 0.148. The van der Waals surface area contributed by atoms with E-state index in [2.05, 4.69) is 153 Å². The molecule has 0 saturated heterocycles. The zero-order chi connectivity index (χ0) is 34.1. The Hall–Kier alpha value is -1.30. The fourth-order valence-corrected chi connectivity index (χ4v) is 23.2. The predicted octanol–water partition coefficient (Wildman–Crippen LogP) is 11.0. The first-order valence-electron chi connectivity index (χ1n) is 16.4. The minimum absolute atomic E-state index is 0.0777.